The SMILES string of the molecule is CC(CNC1CCCC1)Oc1c(F)c(F)c(F)c(F)c1F. The Hall–Kier alpha value is -1.37. The third-order valence-corrected chi connectivity index (χ3v) is 3.54. The molecule has 1 aromatic rings. The maximum absolute atomic E-state index is 13.4. The van der Waals surface area contributed by atoms with E-state index in [1.54, 1.807) is 0 Å². The lowest BCUT2D eigenvalue weighted by molar-refractivity contribution is 0.185. The second kappa shape index (κ2) is 6.60. The average molecular weight is 309 g/mol. The fourth-order valence-electron chi connectivity index (χ4n) is 2.39. The van der Waals surface area contributed by atoms with Crippen molar-refractivity contribution in [3.63, 3.8) is 0 Å². The molecule has 1 aliphatic carbocycles. The lowest BCUT2D eigenvalue weighted by Crippen LogP contribution is -2.35. The van der Waals surface area contributed by atoms with Gasteiger partial charge < -0.3 is 10.1 Å². The molecule has 7 heteroatoms. The molecule has 21 heavy (non-hydrogen) atoms. The van der Waals surface area contributed by atoms with Crippen LogP contribution in [0.2, 0.25) is 0 Å². The highest BCUT2D eigenvalue weighted by molar-refractivity contribution is 5.30. The molecule has 1 atom stereocenters. The van der Waals surface area contributed by atoms with Crippen LogP contribution in [0.4, 0.5) is 22.0 Å². The van der Waals surface area contributed by atoms with E-state index in [4.69, 9.17) is 4.74 Å². The molecule has 0 bridgehead atoms. The summed E-state index contributed by atoms with van der Waals surface area (Å²) in [5, 5.41) is 3.15. The summed E-state index contributed by atoms with van der Waals surface area (Å²) in [5.74, 6) is -11.3. The molecule has 1 aliphatic rings. The van der Waals surface area contributed by atoms with Gasteiger partial charge in [-0.05, 0) is 19.8 Å². The van der Waals surface area contributed by atoms with E-state index in [2.05, 4.69) is 5.32 Å². The minimum Gasteiger partial charge on any atom is -0.483 e. The van der Waals surface area contributed by atoms with Gasteiger partial charge in [0.2, 0.25) is 29.1 Å². The van der Waals surface area contributed by atoms with Crippen LogP contribution in [-0.2, 0) is 0 Å². The fraction of sp³-hybridized carbons (Fsp3) is 0.571. The third kappa shape index (κ3) is 3.45. The fourth-order valence-corrected chi connectivity index (χ4v) is 2.39. The second-order valence-corrected chi connectivity index (χ2v) is 5.22. The molecule has 1 saturated carbocycles. The number of nitrogens with one attached hydrogen (secondary N) is 1. The molecule has 2 rings (SSSR count). The Balaban J connectivity index is 2.04. The van der Waals surface area contributed by atoms with Crippen molar-refractivity contribution in [2.75, 3.05) is 6.54 Å². The van der Waals surface area contributed by atoms with Crippen LogP contribution in [0.3, 0.4) is 0 Å². The van der Waals surface area contributed by atoms with Crippen LogP contribution in [0, 0.1) is 29.1 Å². The Labute approximate surface area is 119 Å². The summed E-state index contributed by atoms with van der Waals surface area (Å²) in [5.41, 5.74) is 0. The molecule has 0 aromatic heterocycles. The first-order valence-electron chi connectivity index (χ1n) is 6.83. The molecular weight excluding hydrogens is 293 g/mol. The Morgan fingerprint density at radius 2 is 1.43 bits per heavy atom. The van der Waals surface area contributed by atoms with Crippen molar-refractivity contribution in [2.45, 2.75) is 44.8 Å². The minimum absolute atomic E-state index is 0.268. The predicted molar refractivity (Wildman–Crippen MR) is 66.6 cm³/mol. The molecule has 0 saturated heterocycles. The van der Waals surface area contributed by atoms with Crippen molar-refractivity contribution in [3.05, 3.63) is 29.1 Å². The minimum atomic E-state index is -2.19. The van der Waals surface area contributed by atoms with E-state index < -0.39 is 40.9 Å². The van der Waals surface area contributed by atoms with Crippen LogP contribution in [-0.4, -0.2) is 18.7 Å². The van der Waals surface area contributed by atoms with Gasteiger partial charge in [-0.1, -0.05) is 12.8 Å². The van der Waals surface area contributed by atoms with Crippen LogP contribution in [0.15, 0.2) is 0 Å². The van der Waals surface area contributed by atoms with Crippen molar-refractivity contribution < 1.29 is 26.7 Å². The summed E-state index contributed by atoms with van der Waals surface area (Å²) >= 11 is 0. The van der Waals surface area contributed by atoms with Gasteiger partial charge in [0.1, 0.15) is 6.10 Å². The molecule has 2 nitrogen and oxygen atoms in total. The summed E-state index contributed by atoms with van der Waals surface area (Å²) in [6.45, 7) is 1.77. The van der Waals surface area contributed by atoms with Gasteiger partial charge in [0, 0.05) is 12.6 Å². The number of benzene rings is 1. The molecule has 0 heterocycles. The van der Waals surface area contributed by atoms with E-state index >= 15 is 0 Å². The molecule has 118 valence electrons. The van der Waals surface area contributed by atoms with E-state index in [1.807, 2.05) is 0 Å². The first-order valence-corrected chi connectivity index (χ1v) is 6.83. The van der Waals surface area contributed by atoms with Crippen LogP contribution in [0.5, 0.6) is 5.75 Å². The molecule has 1 fully saturated rings. The quantitative estimate of drug-likeness (QED) is 0.509. The topological polar surface area (TPSA) is 21.3 Å². The first-order chi connectivity index (χ1) is 9.91. The molecule has 1 N–H and O–H groups in total. The number of rotatable bonds is 5. The van der Waals surface area contributed by atoms with Crippen molar-refractivity contribution in [2.24, 2.45) is 0 Å². The normalized spacial score (nSPS) is 17.2. The first kappa shape index (κ1) is 16.0. The number of hydrogen-bond acceptors (Lipinski definition) is 2. The molecule has 1 aromatic carbocycles. The van der Waals surface area contributed by atoms with E-state index in [0.717, 1.165) is 25.7 Å². The van der Waals surface area contributed by atoms with Crippen molar-refractivity contribution in [3.8, 4) is 5.75 Å². The lowest BCUT2D eigenvalue weighted by Gasteiger charge is -2.19. The van der Waals surface area contributed by atoms with Crippen molar-refractivity contribution in [1.82, 2.24) is 5.32 Å². The smallest absolute Gasteiger partial charge is 0.207 e. The van der Waals surface area contributed by atoms with Gasteiger partial charge in [0.25, 0.3) is 0 Å². The average Bonchev–Trinajstić information content (AvgIpc) is 2.99. The van der Waals surface area contributed by atoms with Crippen LogP contribution in [0.25, 0.3) is 0 Å². The molecule has 0 spiro atoms. The zero-order valence-corrected chi connectivity index (χ0v) is 11.5. The van der Waals surface area contributed by atoms with E-state index in [9.17, 15) is 22.0 Å². The largest absolute Gasteiger partial charge is 0.483 e. The zero-order valence-electron chi connectivity index (χ0n) is 11.5. The summed E-state index contributed by atoms with van der Waals surface area (Å²) < 4.78 is 70.7. The summed E-state index contributed by atoms with van der Waals surface area (Å²) in [6, 6.07) is 0.312. The van der Waals surface area contributed by atoms with Gasteiger partial charge in [-0.25, -0.2) is 13.2 Å². The van der Waals surface area contributed by atoms with Gasteiger partial charge in [-0.15, -0.1) is 0 Å². The Morgan fingerprint density at radius 3 is 1.95 bits per heavy atom. The van der Waals surface area contributed by atoms with Gasteiger partial charge >= 0.3 is 0 Å². The van der Waals surface area contributed by atoms with Crippen LogP contribution >= 0.6 is 0 Å². The Kier molecular flexibility index (Phi) is 5.03. The highest BCUT2D eigenvalue weighted by Crippen LogP contribution is 2.29. The van der Waals surface area contributed by atoms with Gasteiger partial charge in [0.15, 0.2) is 5.75 Å². The summed E-state index contributed by atoms with van der Waals surface area (Å²) in [6.07, 6.45) is 3.53. The zero-order chi connectivity index (χ0) is 15.6. The third-order valence-electron chi connectivity index (χ3n) is 3.54. The molecule has 0 aliphatic heterocycles. The van der Waals surface area contributed by atoms with Crippen molar-refractivity contribution in [1.29, 1.82) is 0 Å². The van der Waals surface area contributed by atoms with Gasteiger partial charge in [0.05, 0.1) is 0 Å². The molecule has 1 unspecified atom stereocenters. The monoisotopic (exact) mass is 309 g/mol. The highest BCUT2D eigenvalue weighted by atomic mass is 19.2. The van der Waals surface area contributed by atoms with Gasteiger partial charge in [-0.3, -0.25) is 0 Å². The second-order valence-electron chi connectivity index (χ2n) is 5.22. The number of halogens is 5. The van der Waals surface area contributed by atoms with E-state index in [-0.39, 0.29) is 6.54 Å². The van der Waals surface area contributed by atoms with Crippen molar-refractivity contribution >= 4 is 0 Å². The standard InChI is InChI=1S/C14H16F5NO/c1-7(6-20-8-4-2-3-5-8)21-14-12(18)10(16)9(15)11(17)13(14)19/h7-8,20H,2-6H2,1H3. The maximum Gasteiger partial charge on any atom is 0.207 e. The maximum atomic E-state index is 13.4. The van der Waals surface area contributed by atoms with E-state index in [0.29, 0.717) is 6.04 Å². The molecule has 0 radical (unpaired) electrons. The van der Waals surface area contributed by atoms with E-state index in [1.165, 1.54) is 6.92 Å². The highest BCUT2D eigenvalue weighted by Gasteiger charge is 2.28. The number of ether oxygens (including phenoxy) is 1. The number of hydrogen-bond donors (Lipinski definition) is 1. The molecular formula is C14H16F5NO. The molecule has 0 amide bonds. The Bertz CT molecular complexity index is 488. The van der Waals surface area contributed by atoms with Crippen LogP contribution < -0.4 is 10.1 Å². The summed E-state index contributed by atoms with van der Waals surface area (Å²) in [4.78, 5) is 0. The van der Waals surface area contributed by atoms with Gasteiger partial charge in [-0.2, -0.15) is 8.78 Å². The summed E-state index contributed by atoms with van der Waals surface area (Å²) in [7, 11) is 0. The van der Waals surface area contributed by atoms with Crippen LogP contribution in [0.1, 0.15) is 32.6 Å². The lowest BCUT2D eigenvalue weighted by atomic mass is 10.2. The Morgan fingerprint density at radius 1 is 0.952 bits per heavy atom. The predicted octanol–water partition coefficient (Wildman–Crippen LogP) is 3.68.